The monoisotopic (exact) mass is 335 g/mol. The van der Waals surface area contributed by atoms with E-state index in [4.69, 9.17) is 14.6 Å². The number of benzene rings is 1. The van der Waals surface area contributed by atoms with E-state index >= 15 is 0 Å². The van der Waals surface area contributed by atoms with Crippen molar-refractivity contribution in [3.05, 3.63) is 23.8 Å². The maximum atomic E-state index is 12.7. The van der Waals surface area contributed by atoms with Gasteiger partial charge in [0.25, 0.3) is 5.91 Å². The first kappa shape index (κ1) is 18.1. The van der Waals surface area contributed by atoms with Crippen LogP contribution in [0.1, 0.15) is 43.5 Å². The van der Waals surface area contributed by atoms with Crippen LogP contribution in [-0.2, 0) is 4.79 Å². The number of carbonyl (C=O) groups excluding carboxylic acids is 1. The number of nitrogens with zero attached hydrogens (tertiary/aromatic N) is 1. The molecule has 132 valence electrons. The lowest BCUT2D eigenvalue weighted by Gasteiger charge is -2.21. The summed E-state index contributed by atoms with van der Waals surface area (Å²) < 4.78 is 10.7. The van der Waals surface area contributed by atoms with Gasteiger partial charge in [-0.2, -0.15) is 0 Å². The molecule has 6 nitrogen and oxygen atoms in total. The van der Waals surface area contributed by atoms with Gasteiger partial charge < -0.3 is 19.5 Å². The van der Waals surface area contributed by atoms with Crippen molar-refractivity contribution in [2.24, 2.45) is 5.92 Å². The Morgan fingerprint density at radius 3 is 2.71 bits per heavy atom. The molecule has 1 fully saturated rings. The predicted molar refractivity (Wildman–Crippen MR) is 89.7 cm³/mol. The quantitative estimate of drug-likeness (QED) is 0.865. The molecule has 1 aromatic rings. The molecule has 1 atom stereocenters. The van der Waals surface area contributed by atoms with E-state index in [1.807, 2.05) is 11.8 Å². The van der Waals surface area contributed by atoms with E-state index in [1.165, 1.54) is 0 Å². The van der Waals surface area contributed by atoms with Gasteiger partial charge in [0, 0.05) is 18.7 Å². The number of amides is 1. The van der Waals surface area contributed by atoms with E-state index in [2.05, 4.69) is 6.92 Å². The van der Waals surface area contributed by atoms with Crippen molar-refractivity contribution in [3.63, 3.8) is 0 Å². The van der Waals surface area contributed by atoms with Crippen LogP contribution in [0.3, 0.4) is 0 Å². The minimum Gasteiger partial charge on any atom is -0.490 e. The highest BCUT2D eigenvalue weighted by molar-refractivity contribution is 5.95. The molecule has 1 amide bonds. The third-order valence-corrected chi connectivity index (χ3v) is 4.15. The molecular weight excluding hydrogens is 310 g/mol. The molecule has 1 aliphatic rings. The van der Waals surface area contributed by atoms with Crippen LogP contribution in [0.4, 0.5) is 0 Å². The maximum Gasteiger partial charge on any atom is 0.341 e. The summed E-state index contributed by atoms with van der Waals surface area (Å²) in [5.41, 5.74) is 0.538. The lowest BCUT2D eigenvalue weighted by atomic mass is 10.0. The number of hydrogen-bond donors (Lipinski definition) is 1. The van der Waals surface area contributed by atoms with Crippen molar-refractivity contribution >= 4 is 11.9 Å². The number of carbonyl (C=O) groups is 2. The zero-order valence-electron chi connectivity index (χ0n) is 14.3. The van der Waals surface area contributed by atoms with Crippen LogP contribution in [0.2, 0.25) is 0 Å². The van der Waals surface area contributed by atoms with Crippen LogP contribution in [0, 0.1) is 5.92 Å². The molecule has 24 heavy (non-hydrogen) atoms. The van der Waals surface area contributed by atoms with E-state index < -0.39 is 12.6 Å². The average Bonchev–Trinajstić information content (AvgIpc) is 2.77. The van der Waals surface area contributed by atoms with Gasteiger partial charge in [0.2, 0.25) is 0 Å². The van der Waals surface area contributed by atoms with Gasteiger partial charge in [-0.25, -0.2) is 4.79 Å². The fraction of sp³-hybridized carbons (Fsp3) is 0.556. The fourth-order valence-electron chi connectivity index (χ4n) is 2.82. The number of hydrogen-bond acceptors (Lipinski definition) is 4. The Morgan fingerprint density at radius 1 is 1.21 bits per heavy atom. The second-order valence-electron chi connectivity index (χ2n) is 6.11. The molecule has 1 heterocycles. The lowest BCUT2D eigenvalue weighted by Crippen LogP contribution is -2.32. The molecule has 1 unspecified atom stereocenters. The molecule has 0 radical (unpaired) electrons. The van der Waals surface area contributed by atoms with Gasteiger partial charge >= 0.3 is 5.97 Å². The molecule has 0 spiro atoms. The average molecular weight is 335 g/mol. The van der Waals surface area contributed by atoms with Gasteiger partial charge in [-0.3, -0.25) is 4.79 Å². The molecule has 0 aliphatic carbocycles. The van der Waals surface area contributed by atoms with E-state index in [9.17, 15) is 9.59 Å². The first-order valence-electron chi connectivity index (χ1n) is 8.42. The Kier molecular flexibility index (Phi) is 6.46. The summed E-state index contributed by atoms with van der Waals surface area (Å²) in [7, 11) is 0. The molecule has 2 rings (SSSR count). The number of ether oxygens (including phenoxy) is 2. The molecule has 0 aromatic heterocycles. The number of carboxylic acid groups (broad SMARTS) is 1. The Bertz CT molecular complexity index is 587. The number of likely N-dealkylation sites (tertiary alicyclic amines) is 1. The zero-order chi connectivity index (χ0) is 17.5. The van der Waals surface area contributed by atoms with E-state index in [0.717, 1.165) is 32.4 Å². The number of rotatable bonds is 6. The van der Waals surface area contributed by atoms with Crippen molar-refractivity contribution < 1.29 is 24.2 Å². The number of carboxylic acids is 1. The summed E-state index contributed by atoms with van der Waals surface area (Å²) in [6.45, 7) is 5.53. The lowest BCUT2D eigenvalue weighted by molar-refractivity contribution is -0.139. The highest BCUT2D eigenvalue weighted by Crippen LogP contribution is 2.29. The highest BCUT2D eigenvalue weighted by atomic mass is 16.5. The van der Waals surface area contributed by atoms with Crippen LogP contribution in [0.15, 0.2) is 18.2 Å². The summed E-state index contributed by atoms with van der Waals surface area (Å²) >= 11 is 0. The summed E-state index contributed by atoms with van der Waals surface area (Å²) in [6, 6.07) is 4.90. The standard InChI is InChI=1S/C18H25NO5/c1-3-23-16-11-14(6-7-15(16)24-12-17(20)21)18(22)19-9-4-5-13(2)8-10-19/h6-7,11,13H,3-5,8-10,12H2,1-2H3,(H,20,21). The van der Waals surface area contributed by atoms with E-state index in [1.54, 1.807) is 18.2 Å². The molecule has 1 aromatic carbocycles. The third-order valence-electron chi connectivity index (χ3n) is 4.15. The van der Waals surface area contributed by atoms with Gasteiger partial charge in [-0.1, -0.05) is 6.92 Å². The van der Waals surface area contributed by atoms with Crippen molar-refractivity contribution in [1.82, 2.24) is 4.90 Å². The van der Waals surface area contributed by atoms with E-state index in [0.29, 0.717) is 29.6 Å². The van der Waals surface area contributed by atoms with Gasteiger partial charge in [-0.15, -0.1) is 0 Å². The summed E-state index contributed by atoms with van der Waals surface area (Å²) in [6.07, 6.45) is 3.19. The summed E-state index contributed by atoms with van der Waals surface area (Å²) in [5.74, 6) is 0.299. The van der Waals surface area contributed by atoms with Crippen LogP contribution >= 0.6 is 0 Å². The third kappa shape index (κ3) is 4.88. The second-order valence-corrected chi connectivity index (χ2v) is 6.11. The molecule has 6 heteroatoms. The molecule has 1 saturated heterocycles. The number of aliphatic carboxylic acids is 1. The topological polar surface area (TPSA) is 76.1 Å². The minimum atomic E-state index is -1.06. The Balaban J connectivity index is 2.15. The Labute approximate surface area is 142 Å². The van der Waals surface area contributed by atoms with Crippen LogP contribution in [-0.4, -0.2) is 48.2 Å². The first-order valence-corrected chi connectivity index (χ1v) is 8.42. The van der Waals surface area contributed by atoms with Crippen molar-refractivity contribution in [2.75, 3.05) is 26.3 Å². The molecule has 0 saturated carbocycles. The fourth-order valence-corrected chi connectivity index (χ4v) is 2.82. The van der Waals surface area contributed by atoms with Crippen molar-refractivity contribution in [1.29, 1.82) is 0 Å². The van der Waals surface area contributed by atoms with Crippen LogP contribution in [0.25, 0.3) is 0 Å². The predicted octanol–water partition coefficient (Wildman–Crippen LogP) is 2.81. The first-order chi connectivity index (χ1) is 11.5. The molecule has 1 N–H and O–H groups in total. The normalized spacial score (nSPS) is 17.9. The van der Waals surface area contributed by atoms with Gasteiger partial charge in [0.05, 0.1) is 6.61 Å². The SMILES string of the molecule is CCOc1cc(C(=O)N2CCCC(C)CC2)ccc1OCC(=O)O. The Hall–Kier alpha value is -2.24. The largest absolute Gasteiger partial charge is 0.490 e. The van der Waals surface area contributed by atoms with Gasteiger partial charge in [-0.05, 0) is 50.3 Å². The Morgan fingerprint density at radius 2 is 2.00 bits per heavy atom. The van der Waals surface area contributed by atoms with Gasteiger partial charge in [0.1, 0.15) is 0 Å². The molecule has 1 aliphatic heterocycles. The molecular formula is C18H25NO5. The highest BCUT2D eigenvalue weighted by Gasteiger charge is 2.21. The summed E-state index contributed by atoms with van der Waals surface area (Å²) in [4.78, 5) is 25.3. The zero-order valence-corrected chi connectivity index (χ0v) is 14.3. The maximum absolute atomic E-state index is 12.7. The minimum absolute atomic E-state index is 0.0187. The molecule has 0 bridgehead atoms. The van der Waals surface area contributed by atoms with E-state index in [-0.39, 0.29) is 5.91 Å². The van der Waals surface area contributed by atoms with Crippen molar-refractivity contribution in [2.45, 2.75) is 33.1 Å². The smallest absolute Gasteiger partial charge is 0.341 e. The second kappa shape index (κ2) is 8.57. The van der Waals surface area contributed by atoms with Gasteiger partial charge in [0.15, 0.2) is 18.1 Å². The van der Waals surface area contributed by atoms with Crippen LogP contribution < -0.4 is 9.47 Å². The van der Waals surface area contributed by atoms with Crippen molar-refractivity contribution in [3.8, 4) is 11.5 Å². The summed E-state index contributed by atoms with van der Waals surface area (Å²) in [5, 5.41) is 8.73. The van der Waals surface area contributed by atoms with Crippen LogP contribution in [0.5, 0.6) is 11.5 Å².